The number of hydrogen-bond acceptors (Lipinski definition) is 1. The molecule has 0 bridgehead atoms. The molecule has 0 spiro atoms. The number of rotatable bonds is 3. The first-order valence-electron chi connectivity index (χ1n) is 8.28. The van der Waals surface area contributed by atoms with Crippen molar-refractivity contribution in [3.63, 3.8) is 0 Å². The summed E-state index contributed by atoms with van der Waals surface area (Å²) < 4.78 is 32.2. The predicted molar refractivity (Wildman–Crippen MR) is 98.7 cm³/mol. The Kier molecular flexibility index (Phi) is 3.84. The third kappa shape index (κ3) is 2.72. The van der Waals surface area contributed by atoms with E-state index in [1.807, 2.05) is 42.5 Å². The molecule has 0 unspecified atom stereocenters. The van der Waals surface area contributed by atoms with E-state index in [-0.39, 0.29) is 6.54 Å². The minimum atomic E-state index is -3.94. The van der Waals surface area contributed by atoms with E-state index in [1.54, 1.807) is 48.6 Å². The SMILES string of the molecule is F[B-]1(F)N(c2ccccc2)C2=CC=CC=CC2=[N+]1Cc1ccccc1. The summed E-state index contributed by atoms with van der Waals surface area (Å²) in [4.78, 5) is 1.16. The van der Waals surface area contributed by atoms with Gasteiger partial charge in [0.05, 0.1) is 5.70 Å². The fourth-order valence-corrected chi connectivity index (χ4v) is 3.33. The molecule has 2 aliphatic rings. The molecule has 2 nitrogen and oxygen atoms in total. The van der Waals surface area contributed by atoms with Gasteiger partial charge < -0.3 is 17.9 Å². The van der Waals surface area contributed by atoms with Crippen molar-refractivity contribution in [2.24, 2.45) is 0 Å². The molecule has 0 fully saturated rings. The quantitative estimate of drug-likeness (QED) is 0.747. The molecular weight excluding hydrogens is 317 g/mol. The molecular formula is C20H17BF2N2. The van der Waals surface area contributed by atoms with Crippen LogP contribution in [0.4, 0.5) is 14.3 Å². The summed E-state index contributed by atoms with van der Waals surface area (Å²) in [6.07, 6.45) is 8.97. The lowest BCUT2D eigenvalue weighted by molar-refractivity contribution is -0.434. The maximum Gasteiger partial charge on any atom is 0.732 e. The summed E-state index contributed by atoms with van der Waals surface area (Å²) in [5.74, 6) is 0. The Labute approximate surface area is 145 Å². The van der Waals surface area contributed by atoms with Crippen LogP contribution in [0.3, 0.4) is 0 Å². The second-order valence-electron chi connectivity index (χ2n) is 6.09. The van der Waals surface area contributed by atoms with Gasteiger partial charge in [-0.3, -0.25) is 0 Å². The molecule has 0 radical (unpaired) electrons. The minimum absolute atomic E-state index is 0.161. The van der Waals surface area contributed by atoms with Crippen LogP contribution in [-0.4, -0.2) is 17.2 Å². The van der Waals surface area contributed by atoms with E-state index in [9.17, 15) is 0 Å². The van der Waals surface area contributed by atoms with Crippen LogP contribution in [-0.2, 0) is 6.54 Å². The van der Waals surface area contributed by atoms with Crippen molar-refractivity contribution in [3.8, 4) is 0 Å². The van der Waals surface area contributed by atoms with Crippen LogP contribution >= 0.6 is 0 Å². The summed E-state index contributed by atoms with van der Waals surface area (Å²) >= 11 is 0. The minimum Gasteiger partial charge on any atom is -0.390 e. The highest BCUT2D eigenvalue weighted by atomic mass is 19.2. The lowest BCUT2D eigenvalue weighted by atomic mass is 9.92. The van der Waals surface area contributed by atoms with E-state index < -0.39 is 6.97 Å². The summed E-state index contributed by atoms with van der Waals surface area (Å²) in [7, 11) is 0. The van der Waals surface area contributed by atoms with Gasteiger partial charge in [-0.2, -0.15) is 0 Å². The predicted octanol–water partition coefficient (Wildman–Crippen LogP) is 4.54. The molecule has 5 heteroatoms. The number of allylic oxidation sites excluding steroid dienone is 5. The number of hydrogen-bond donors (Lipinski definition) is 0. The van der Waals surface area contributed by atoms with Crippen LogP contribution in [0, 0.1) is 0 Å². The summed E-state index contributed by atoms with van der Waals surface area (Å²) in [6.45, 7) is -3.78. The van der Waals surface area contributed by atoms with Crippen molar-refractivity contribution in [3.05, 3.63) is 102 Å². The van der Waals surface area contributed by atoms with Gasteiger partial charge in [0.2, 0.25) is 0 Å². The maximum atomic E-state index is 15.5. The van der Waals surface area contributed by atoms with Gasteiger partial charge in [0.15, 0.2) is 5.71 Å². The van der Waals surface area contributed by atoms with Crippen molar-refractivity contribution in [1.29, 1.82) is 0 Å². The van der Waals surface area contributed by atoms with Gasteiger partial charge in [-0.1, -0.05) is 66.8 Å². The smallest absolute Gasteiger partial charge is 0.390 e. The van der Waals surface area contributed by atoms with Crippen molar-refractivity contribution in [2.45, 2.75) is 6.54 Å². The number of nitrogens with zero attached hydrogens (tertiary/aromatic N) is 2. The average Bonchev–Trinajstić information content (AvgIpc) is 2.77. The average molecular weight is 334 g/mol. The Bertz CT molecular complexity index is 900. The largest absolute Gasteiger partial charge is 0.732 e. The van der Waals surface area contributed by atoms with E-state index in [4.69, 9.17) is 0 Å². The normalized spacial score (nSPS) is 18.2. The van der Waals surface area contributed by atoms with E-state index in [1.165, 1.54) is 4.49 Å². The lowest BCUT2D eigenvalue weighted by Crippen LogP contribution is -2.50. The van der Waals surface area contributed by atoms with Gasteiger partial charge in [0.1, 0.15) is 6.54 Å². The first-order chi connectivity index (χ1) is 12.2. The Hall–Kier alpha value is -2.95. The van der Waals surface area contributed by atoms with Crippen LogP contribution < -0.4 is 4.81 Å². The Morgan fingerprint density at radius 3 is 2.24 bits per heavy atom. The van der Waals surface area contributed by atoms with Gasteiger partial charge in [0.25, 0.3) is 0 Å². The first kappa shape index (κ1) is 15.6. The molecule has 2 aromatic carbocycles. The molecule has 0 amide bonds. The van der Waals surface area contributed by atoms with Crippen molar-refractivity contribution in [2.75, 3.05) is 4.81 Å². The number of halogens is 2. The number of anilines is 1. The van der Waals surface area contributed by atoms with Gasteiger partial charge in [-0.15, -0.1) is 0 Å². The molecule has 0 atom stereocenters. The summed E-state index contributed by atoms with van der Waals surface area (Å²) in [5.41, 5.74) is 2.42. The number of benzene rings is 2. The molecule has 0 saturated heterocycles. The van der Waals surface area contributed by atoms with Crippen molar-refractivity contribution >= 4 is 18.4 Å². The Morgan fingerprint density at radius 2 is 1.52 bits per heavy atom. The fourth-order valence-electron chi connectivity index (χ4n) is 3.33. The molecule has 1 aliphatic heterocycles. The fraction of sp³-hybridized carbons (Fsp3) is 0.0500. The molecule has 1 aliphatic carbocycles. The third-order valence-corrected chi connectivity index (χ3v) is 4.48. The highest BCUT2D eigenvalue weighted by Gasteiger charge is 2.57. The van der Waals surface area contributed by atoms with E-state index in [2.05, 4.69) is 0 Å². The van der Waals surface area contributed by atoms with Crippen LogP contribution in [0.15, 0.2) is 96.7 Å². The Balaban J connectivity index is 1.85. The highest BCUT2D eigenvalue weighted by Crippen LogP contribution is 2.36. The zero-order valence-electron chi connectivity index (χ0n) is 13.6. The zero-order chi connectivity index (χ0) is 17.3. The second kappa shape index (κ2) is 6.17. The van der Waals surface area contributed by atoms with Gasteiger partial charge >= 0.3 is 6.97 Å². The maximum absolute atomic E-state index is 15.5. The topological polar surface area (TPSA) is 6.25 Å². The molecule has 0 aromatic heterocycles. The van der Waals surface area contributed by atoms with Gasteiger partial charge in [-0.25, -0.2) is 0 Å². The summed E-state index contributed by atoms with van der Waals surface area (Å²) in [6, 6.07) is 18.2. The summed E-state index contributed by atoms with van der Waals surface area (Å²) in [5, 5.41) is 0. The van der Waals surface area contributed by atoms with Crippen LogP contribution in [0.1, 0.15) is 5.56 Å². The molecule has 4 rings (SSSR count). The van der Waals surface area contributed by atoms with Crippen molar-refractivity contribution in [1.82, 2.24) is 0 Å². The number of fused-ring (bicyclic) bond motifs is 1. The Morgan fingerprint density at radius 1 is 0.840 bits per heavy atom. The molecule has 124 valence electrons. The molecule has 1 heterocycles. The molecule has 25 heavy (non-hydrogen) atoms. The van der Waals surface area contributed by atoms with Crippen LogP contribution in [0.25, 0.3) is 0 Å². The van der Waals surface area contributed by atoms with E-state index in [0.717, 1.165) is 10.4 Å². The number of para-hydroxylation sites is 1. The second-order valence-corrected chi connectivity index (χ2v) is 6.09. The van der Waals surface area contributed by atoms with Gasteiger partial charge in [0, 0.05) is 17.3 Å². The third-order valence-electron chi connectivity index (χ3n) is 4.48. The van der Waals surface area contributed by atoms with Crippen molar-refractivity contribution < 1.29 is 13.1 Å². The highest BCUT2D eigenvalue weighted by molar-refractivity contribution is 6.67. The lowest BCUT2D eigenvalue weighted by Gasteiger charge is -2.30. The molecule has 0 saturated carbocycles. The molecule has 0 N–H and O–H groups in total. The van der Waals surface area contributed by atoms with E-state index in [0.29, 0.717) is 17.1 Å². The van der Waals surface area contributed by atoms with Crippen LogP contribution in [0.2, 0.25) is 0 Å². The van der Waals surface area contributed by atoms with Crippen LogP contribution in [0.5, 0.6) is 0 Å². The van der Waals surface area contributed by atoms with E-state index >= 15 is 8.63 Å². The van der Waals surface area contributed by atoms with Gasteiger partial charge in [-0.05, 0) is 18.2 Å². The standard InChI is InChI=1S/C20H17BF2N2/c22-21(23)24(16-17-10-4-1-5-11-17)19-14-8-3-9-15-20(19)25(21)18-12-6-2-7-13-18/h1-15H,16H2. The monoisotopic (exact) mass is 334 g/mol. The first-order valence-corrected chi connectivity index (χ1v) is 8.28. The molecule has 2 aromatic rings. The zero-order valence-corrected chi connectivity index (χ0v) is 13.6.